The topological polar surface area (TPSA) is 55.1 Å². The van der Waals surface area contributed by atoms with E-state index in [4.69, 9.17) is 5.73 Å². The normalized spacial score (nSPS) is 18.6. The van der Waals surface area contributed by atoms with E-state index in [9.17, 15) is 4.79 Å². The standard InChI is InChI=1S/C15H21BrN2O/c16-12-5-7-13(8-6-12)18-14(19)15(11-17)9-3-1-2-4-10-15/h5-8H,1-4,9-11,17H2,(H,18,19). The number of amides is 1. The van der Waals surface area contributed by atoms with Crippen molar-refractivity contribution >= 4 is 27.5 Å². The molecule has 3 nitrogen and oxygen atoms in total. The average molecular weight is 325 g/mol. The molecule has 1 aromatic carbocycles. The first-order valence-corrected chi connectivity index (χ1v) is 7.73. The monoisotopic (exact) mass is 324 g/mol. The van der Waals surface area contributed by atoms with Crippen LogP contribution in [0.2, 0.25) is 0 Å². The molecule has 3 N–H and O–H groups in total. The summed E-state index contributed by atoms with van der Waals surface area (Å²) in [4.78, 5) is 12.6. The Balaban J connectivity index is 2.09. The summed E-state index contributed by atoms with van der Waals surface area (Å²) in [6, 6.07) is 7.67. The largest absolute Gasteiger partial charge is 0.329 e. The van der Waals surface area contributed by atoms with Crippen LogP contribution >= 0.6 is 15.9 Å². The van der Waals surface area contributed by atoms with E-state index >= 15 is 0 Å². The van der Waals surface area contributed by atoms with Crippen LogP contribution in [0.5, 0.6) is 0 Å². The minimum absolute atomic E-state index is 0.0826. The smallest absolute Gasteiger partial charge is 0.231 e. The van der Waals surface area contributed by atoms with Gasteiger partial charge in [0.25, 0.3) is 0 Å². The average Bonchev–Trinajstić information content (AvgIpc) is 2.67. The van der Waals surface area contributed by atoms with E-state index in [1.54, 1.807) is 0 Å². The van der Waals surface area contributed by atoms with Crippen molar-refractivity contribution in [1.82, 2.24) is 0 Å². The van der Waals surface area contributed by atoms with E-state index < -0.39 is 0 Å². The number of benzene rings is 1. The minimum atomic E-state index is -0.371. The number of nitrogens with two attached hydrogens (primary N) is 1. The van der Waals surface area contributed by atoms with Crippen molar-refractivity contribution in [1.29, 1.82) is 0 Å². The van der Waals surface area contributed by atoms with Gasteiger partial charge in [0.2, 0.25) is 5.91 Å². The molecule has 104 valence electrons. The van der Waals surface area contributed by atoms with Gasteiger partial charge in [-0.05, 0) is 37.1 Å². The second-order valence-corrected chi connectivity index (χ2v) is 6.28. The Kier molecular flexibility index (Phi) is 4.99. The summed E-state index contributed by atoms with van der Waals surface area (Å²) in [7, 11) is 0. The third-order valence-corrected chi connectivity index (χ3v) is 4.56. The Labute approximate surface area is 123 Å². The van der Waals surface area contributed by atoms with Gasteiger partial charge < -0.3 is 11.1 Å². The molecule has 1 fully saturated rings. The molecule has 4 heteroatoms. The molecule has 2 rings (SSSR count). The molecule has 1 aromatic rings. The van der Waals surface area contributed by atoms with Gasteiger partial charge in [-0.3, -0.25) is 4.79 Å². The molecule has 0 heterocycles. The van der Waals surface area contributed by atoms with E-state index in [0.717, 1.165) is 35.8 Å². The van der Waals surface area contributed by atoms with E-state index in [0.29, 0.717) is 6.54 Å². The van der Waals surface area contributed by atoms with Gasteiger partial charge in [0.1, 0.15) is 0 Å². The molecule has 0 bridgehead atoms. The van der Waals surface area contributed by atoms with E-state index in [1.165, 1.54) is 12.8 Å². The summed E-state index contributed by atoms with van der Waals surface area (Å²) < 4.78 is 1.01. The van der Waals surface area contributed by atoms with Crippen LogP contribution in [-0.4, -0.2) is 12.5 Å². The lowest BCUT2D eigenvalue weighted by molar-refractivity contribution is -0.125. The highest BCUT2D eigenvalue weighted by molar-refractivity contribution is 9.10. The van der Waals surface area contributed by atoms with Crippen LogP contribution < -0.4 is 11.1 Å². The number of nitrogens with one attached hydrogen (secondary N) is 1. The first kappa shape index (κ1) is 14.5. The summed E-state index contributed by atoms with van der Waals surface area (Å²) in [6.45, 7) is 0.440. The molecule has 0 spiro atoms. The number of carbonyl (C=O) groups is 1. The van der Waals surface area contributed by atoms with Crippen LogP contribution in [0.1, 0.15) is 38.5 Å². The van der Waals surface area contributed by atoms with Crippen molar-refractivity contribution in [2.45, 2.75) is 38.5 Å². The molecule has 1 saturated carbocycles. The first-order chi connectivity index (χ1) is 9.16. The molecular formula is C15H21BrN2O. The molecule has 1 aliphatic carbocycles. The van der Waals surface area contributed by atoms with Gasteiger partial charge in [-0.15, -0.1) is 0 Å². The van der Waals surface area contributed by atoms with E-state index in [2.05, 4.69) is 21.2 Å². The van der Waals surface area contributed by atoms with Crippen LogP contribution in [0.3, 0.4) is 0 Å². The molecule has 1 aliphatic rings. The van der Waals surface area contributed by atoms with Crippen molar-refractivity contribution in [2.75, 3.05) is 11.9 Å². The van der Waals surface area contributed by atoms with Crippen LogP contribution in [0.25, 0.3) is 0 Å². The molecule has 0 radical (unpaired) electrons. The zero-order valence-corrected chi connectivity index (χ0v) is 12.7. The van der Waals surface area contributed by atoms with Crippen molar-refractivity contribution in [2.24, 2.45) is 11.1 Å². The number of rotatable bonds is 3. The Hall–Kier alpha value is -0.870. The van der Waals surface area contributed by atoms with Gasteiger partial charge in [-0.1, -0.05) is 41.6 Å². The fraction of sp³-hybridized carbons (Fsp3) is 0.533. The van der Waals surface area contributed by atoms with Crippen molar-refractivity contribution < 1.29 is 4.79 Å². The summed E-state index contributed by atoms with van der Waals surface area (Å²) in [6.07, 6.45) is 6.45. The number of hydrogen-bond acceptors (Lipinski definition) is 2. The maximum atomic E-state index is 12.6. The highest BCUT2D eigenvalue weighted by atomic mass is 79.9. The van der Waals surface area contributed by atoms with Gasteiger partial charge in [0, 0.05) is 16.7 Å². The van der Waals surface area contributed by atoms with Gasteiger partial charge in [0.15, 0.2) is 0 Å². The molecule has 0 unspecified atom stereocenters. The summed E-state index contributed by atoms with van der Waals surface area (Å²) >= 11 is 3.39. The molecule has 0 atom stereocenters. The molecule has 0 saturated heterocycles. The fourth-order valence-electron chi connectivity index (χ4n) is 2.73. The van der Waals surface area contributed by atoms with Gasteiger partial charge in [0.05, 0.1) is 5.41 Å². The number of halogens is 1. The van der Waals surface area contributed by atoms with Crippen molar-refractivity contribution in [3.05, 3.63) is 28.7 Å². The maximum absolute atomic E-state index is 12.6. The third kappa shape index (κ3) is 3.57. The maximum Gasteiger partial charge on any atom is 0.231 e. The second-order valence-electron chi connectivity index (χ2n) is 5.36. The highest BCUT2D eigenvalue weighted by Gasteiger charge is 2.37. The van der Waals surface area contributed by atoms with E-state index in [1.807, 2.05) is 24.3 Å². The van der Waals surface area contributed by atoms with E-state index in [-0.39, 0.29) is 11.3 Å². The van der Waals surface area contributed by atoms with Crippen molar-refractivity contribution in [3.8, 4) is 0 Å². The number of hydrogen-bond donors (Lipinski definition) is 2. The number of carbonyl (C=O) groups excluding carboxylic acids is 1. The lowest BCUT2D eigenvalue weighted by Crippen LogP contribution is -2.42. The summed E-state index contributed by atoms with van der Waals surface area (Å²) in [5.74, 6) is 0.0826. The van der Waals surface area contributed by atoms with Crippen LogP contribution in [0.15, 0.2) is 28.7 Å². The predicted octanol–water partition coefficient (Wildman–Crippen LogP) is 3.69. The zero-order chi connectivity index (χ0) is 13.7. The Morgan fingerprint density at radius 1 is 1.16 bits per heavy atom. The first-order valence-electron chi connectivity index (χ1n) is 6.93. The molecular weight excluding hydrogens is 304 g/mol. The van der Waals surface area contributed by atoms with Gasteiger partial charge in [-0.25, -0.2) is 0 Å². The van der Waals surface area contributed by atoms with Crippen molar-refractivity contribution in [3.63, 3.8) is 0 Å². The summed E-state index contributed by atoms with van der Waals surface area (Å²) in [5.41, 5.74) is 6.38. The Bertz CT molecular complexity index is 422. The van der Waals surface area contributed by atoms with Crippen LogP contribution in [0.4, 0.5) is 5.69 Å². The number of anilines is 1. The van der Waals surface area contributed by atoms with Gasteiger partial charge in [-0.2, -0.15) is 0 Å². The molecule has 1 amide bonds. The fourth-order valence-corrected chi connectivity index (χ4v) is 2.99. The molecule has 19 heavy (non-hydrogen) atoms. The predicted molar refractivity (Wildman–Crippen MR) is 82.0 cm³/mol. The second kappa shape index (κ2) is 6.53. The zero-order valence-electron chi connectivity index (χ0n) is 11.1. The van der Waals surface area contributed by atoms with Crippen LogP contribution in [-0.2, 0) is 4.79 Å². The Morgan fingerprint density at radius 3 is 2.26 bits per heavy atom. The lowest BCUT2D eigenvalue weighted by atomic mass is 9.79. The minimum Gasteiger partial charge on any atom is -0.329 e. The third-order valence-electron chi connectivity index (χ3n) is 4.04. The quantitative estimate of drug-likeness (QED) is 0.833. The lowest BCUT2D eigenvalue weighted by Gasteiger charge is -2.29. The summed E-state index contributed by atoms with van der Waals surface area (Å²) in [5, 5.41) is 3.02. The highest BCUT2D eigenvalue weighted by Crippen LogP contribution is 2.35. The Morgan fingerprint density at radius 2 is 1.74 bits per heavy atom. The molecule has 0 aromatic heterocycles. The molecule has 0 aliphatic heterocycles. The SMILES string of the molecule is NCC1(C(=O)Nc2ccc(Br)cc2)CCCCCC1. The van der Waals surface area contributed by atoms with Crippen LogP contribution in [0, 0.1) is 5.41 Å². The van der Waals surface area contributed by atoms with Gasteiger partial charge >= 0.3 is 0 Å².